The Hall–Kier alpha value is -1.18. The van der Waals surface area contributed by atoms with E-state index in [9.17, 15) is 8.78 Å². The summed E-state index contributed by atoms with van der Waals surface area (Å²) in [6, 6.07) is 0. The third-order valence-corrected chi connectivity index (χ3v) is 4.32. The Morgan fingerprint density at radius 3 is 2.10 bits per heavy atom. The molecule has 1 fully saturated rings. The van der Waals surface area contributed by atoms with Crippen LogP contribution in [0.15, 0.2) is 48.6 Å². The first kappa shape index (κ1) is 16.9. The van der Waals surface area contributed by atoms with Crippen LogP contribution in [-0.4, -0.2) is 0 Å². The lowest BCUT2D eigenvalue weighted by Crippen LogP contribution is -2.13. The maximum atomic E-state index is 13.8. The molecule has 0 N–H and O–H groups in total. The second kappa shape index (κ2) is 8.18. The molecule has 0 aromatic carbocycles. The van der Waals surface area contributed by atoms with Crippen molar-refractivity contribution in [3.8, 4) is 0 Å². The average molecular weight is 280 g/mol. The third-order valence-electron chi connectivity index (χ3n) is 4.32. The average Bonchev–Trinajstić information content (AvgIpc) is 2.50. The molecule has 0 aromatic rings. The summed E-state index contributed by atoms with van der Waals surface area (Å²) in [4.78, 5) is 0. The van der Waals surface area contributed by atoms with Gasteiger partial charge in [-0.05, 0) is 67.9 Å². The van der Waals surface area contributed by atoms with E-state index in [0.29, 0.717) is 24.7 Å². The van der Waals surface area contributed by atoms with Gasteiger partial charge in [-0.1, -0.05) is 26.2 Å². The van der Waals surface area contributed by atoms with Gasteiger partial charge in [0.15, 0.2) is 11.7 Å². The van der Waals surface area contributed by atoms with E-state index in [1.807, 2.05) is 6.08 Å². The highest BCUT2D eigenvalue weighted by Gasteiger charge is 2.20. The minimum absolute atomic E-state index is 0.204. The van der Waals surface area contributed by atoms with Gasteiger partial charge in [-0.25, -0.2) is 8.78 Å². The molecule has 1 aliphatic carbocycles. The standard InChI is InChI=1S/C18H26F2/c1-5-13(3)17(19)18(20)14(4)7-8-16-11-9-15(6-2)10-12-16/h6,15-16H,2-5,7-12H2,1H3/b18-17-. The number of allylic oxidation sites excluding steroid dienone is 5. The van der Waals surface area contributed by atoms with Crippen LogP contribution in [0.1, 0.15) is 51.9 Å². The second-order valence-electron chi connectivity index (χ2n) is 5.74. The summed E-state index contributed by atoms with van der Waals surface area (Å²) in [5.74, 6) is -0.394. The third kappa shape index (κ3) is 4.73. The van der Waals surface area contributed by atoms with Crippen molar-refractivity contribution >= 4 is 0 Å². The Morgan fingerprint density at radius 1 is 1.05 bits per heavy atom. The van der Waals surface area contributed by atoms with Crippen molar-refractivity contribution in [3.05, 3.63) is 48.6 Å². The van der Waals surface area contributed by atoms with Crippen molar-refractivity contribution in [2.24, 2.45) is 11.8 Å². The van der Waals surface area contributed by atoms with Crippen LogP contribution in [0.4, 0.5) is 8.78 Å². The van der Waals surface area contributed by atoms with E-state index >= 15 is 0 Å². The van der Waals surface area contributed by atoms with Crippen LogP contribution in [0, 0.1) is 11.8 Å². The minimum Gasteiger partial charge on any atom is -0.203 e. The van der Waals surface area contributed by atoms with Gasteiger partial charge in [0.1, 0.15) is 0 Å². The lowest BCUT2D eigenvalue weighted by molar-refractivity contribution is 0.296. The molecule has 0 heterocycles. The summed E-state index contributed by atoms with van der Waals surface area (Å²) in [6.07, 6.45) is 8.50. The summed E-state index contributed by atoms with van der Waals surface area (Å²) in [5, 5.41) is 0. The maximum absolute atomic E-state index is 13.8. The van der Waals surface area contributed by atoms with E-state index in [1.54, 1.807) is 6.92 Å². The van der Waals surface area contributed by atoms with Crippen LogP contribution in [0.3, 0.4) is 0 Å². The van der Waals surface area contributed by atoms with Crippen LogP contribution in [0.25, 0.3) is 0 Å². The van der Waals surface area contributed by atoms with Crippen molar-refractivity contribution in [2.75, 3.05) is 0 Å². The molecule has 0 amide bonds. The zero-order valence-corrected chi connectivity index (χ0v) is 12.6. The topological polar surface area (TPSA) is 0 Å². The van der Waals surface area contributed by atoms with Crippen LogP contribution in [-0.2, 0) is 0 Å². The van der Waals surface area contributed by atoms with Crippen LogP contribution >= 0.6 is 0 Å². The fraction of sp³-hybridized carbons (Fsp3) is 0.556. The molecule has 0 aromatic heterocycles. The Balaban J connectivity index is 2.44. The van der Waals surface area contributed by atoms with Gasteiger partial charge in [0.25, 0.3) is 0 Å². The van der Waals surface area contributed by atoms with E-state index in [1.165, 1.54) is 12.8 Å². The first-order chi connectivity index (χ1) is 9.49. The molecule has 0 unspecified atom stereocenters. The molecule has 1 aliphatic rings. The molecule has 0 saturated heterocycles. The molecule has 1 saturated carbocycles. The summed E-state index contributed by atoms with van der Waals surface area (Å²) < 4.78 is 27.5. The quantitative estimate of drug-likeness (QED) is 0.372. The molecule has 1 rings (SSSR count). The zero-order chi connectivity index (χ0) is 15.1. The van der Waals surface area contributed by atoms with Crippen LogP contribution in [0.2, 0.25) is 0 Å². The van der Waals surface area contributed by atoms with Crippen molar-refractivity contribution in [1.29, 1.82) is 0 Å². The van der Waals surface area contributed by atoms with Gasteiger partial charge >= 0.3 is 0 Å². The van der Waals surface area contributed by atoms with Crippen molar-refractivity contribution in [3.63, 3.8) is 0 Å². The van der Waals surface area contributed by atoms with E-state index in [2.05, 4.69) is 19.7 Å². The monoisotopic (exact) mass is 280 g/mol. The number of rotatable bonds is 7. The van der Waals surface area contributed by atoms with Crippen molar-refractivity contribution in [1.82, 2.24) is 0 Å². The minimum atomic E-state index is -0.826. The van der Waals surface area contributed by atoms with Crippen LogP contribution in [0.5, 0.6) is 0 Å². The predicted octanol–water partition coefficient (Wildman–Crippen LogP) is 6.43. The number of hydrogen-bond acceptors (Lipinski definition) is 0. The fourth-order valence-electron chi connectivity index (χ4n) is 2.67. The second-order valence-corrected chi connectivity index (χ2v) is 5.74. The normalized spacial score (nSPS) is 23.9. The SMILES string of the molecule is C=CC1CCC(CCC(=C)/C(F)=C(/F)C(=C)CC)CC1. The first-order valence-corrected chi connectivity index (χ1v) is 7.53. The van der Waals surface area contributed by atoms with Gasteiger partial charge < -0.3 is 0 Å². The molecular formula is C18H26F2. The van der Waals surface area contributed by atoms with Gasteiger partial charge in [0, 0.05) is 0 Å². The van der Waals surface area contributed by atoms with Crippen LogP contribution < -0.4 is 0 Å². The lowest BCUT2D eigenvalue weighted by Gasteiger charge is -2.26. The largest absolute Gasteiger partial charge is 0.203 e. The Bertz CT molecular complexity index is 396. The molecule has 0 atom stereocenters. The van der Waals surface area contributed by atoms with E-state index in [-0.39, 0.29) is 11.1 Å². The number of hydrogen-bond donors (Lipinski definition) is 0. The fourth-order valence-corrected chi connectivity index (χ4v) is 2.67. The summed E-state index contributed by atoms with van der Waals surface area (Å²) >= 11 is 0. The highest BCUT2D eigenvalue weighted by atomic mass is 19.2. The smallest absolute Gasteiger partial charge is 0.161 e. The maximum Gasteiger partial charge on any atom is 0.161 e. The van der Waals surface area contributed by atoms with E-state index < -0.39 is 11.7 Å². The molecule has 0 spiro atoms. The highest BCUT2D eigenvalue weighted by molar-refractivity contribution is 5.34. The molecule has 0 radical (unpaired) electrons. The van der Waals surface area contributed by atoms with E-state index in [0.717, 1.165) is 19.3 Å². The molecule has 0 aliphatic heterocycles. The summed E-state index contributed by atoms with van der Waals surface area (Å²) in [7, 11) is 0. The van der Waals surface area contributed by atoms with Gasteiger partial charge in [-0.15, -0.1) is 6.58 Å². The summed E-state index contributed by atoms with van der Waals surface area (Å²) in [6.45, 7) is 12.8. The molecule has 20 heavy (non-hydrogen) atoms. The van der Waals surface area contributed by atoms with Gasteiger partial charge in [-0.2, -0.15) is 0 Å². The van der Waals surface area contributed by atoms with Gasteiger partial charge in [0.05, 0.1) is 0 Å². The predicted molar refractivity (Wildman–Crippen MR) is 82.7 cm³/mol. The molecule has 0 bridgehead atoms. The summed E-state index contributed by atoms with van der Waals surface area (Å²) in [5.41, 5.74) is 0.470. The molecule has 112 valence electrons. The highest BCUT2D eigenvalue weighted by Crippen LogP contribution is 2.34. The first-order valence-electron chi connectivity index (χ1n) is 7.53. The lowest BCUT2D eigenvalue weighted by atomic mass is 9.79. The molecule has 0 nitrogen and oxygen atoms in total. The van der Waals surface area contributed by atoms with Crippen molar-refractivity contribution in [2.45, 2.75) is 51.9 Å². The van der Waals surface area contributed by atoms with Gasteiger partial charge in [0.2, 0.25) is 0 Å². The zero-order valence-electron chi connectivity index (χ0n) is 12.6. The van der Waals surface area contributed by atoms with Gasteiger partial charge in [-0.3, -0.25) is 0 Å². The number of halogens is 2. The Labute approximate surface area is 122 Å². The van der Waals surface area contributed by atoms with E-state index in [4.69, 9.17) is 0 Å². The molecule has 2 heteroatoms. The van der Waals surface area contributed by atoms with Crippen molar-refractivity contribution < 1.29 is 8.78 Å². The Kier molecular flexibility index (Phi) is 6.90. The molecular weight excluding hydrogens is 254 g/mol. The Morgan fingerprint density at radius 2 is 1.60 bits per heavy atom.